The Labute approximate surface area is 113 Å². The minimum absolute atomic E-state index is 0.0743. The molecule has 0 saturated heterocycles. The number of rotatable bonds is 4. The molecule has 0 aliphatic rings. The van der Waals surface area contributed by atoms with Crippen LogP contribution in [-0.4, -0.2) is 16.7 Å². The summed E-state index contributed by atoms with van der Waals surface area (Å²) < 4.78 is 0.597. The molecule has 0 saturated carbocycles. The number of aliphatic hydroxyl groups excluding tert-OH is 1. The fraction of sp³-hybridized carbons (Fsp3) is 0.182. The Morgan fingerprint density at radius 1 is 1.35 bits per heavy atom. The second-order valence-corrected chi connectivity index (χ2v) is 5.46. The molecule has 0 spiro atoms. The Balaban J connectivity index is 2.18. The highest BCUT2D eigenvalue weighted by molar-refractivity contribution is 7.15. The second kappa shape index (κ2) is 5.69. The van der Waals surface area contributed by atoms with Gasteiger partial charge in [-0.15, -0.1) is 11.3 Å². The van der Waals surface area contributed by atoms with Crippen LogP contribution in [0.5, 0.6) is 0 Å². The molecular formula is C11H10Cl2N2OS. The molecule has 0 radical (unpaired) electrons. The van der Waals surface area contributed by atoms with Gasteiger partial charge in [0.1, 0.15) is 15.4 Å². The molecule has 1 unspecified atom stereocenters. The van der Waals surface area contributed by atoms with E-state index < -0.39 is 0 Å². The van der Waals surface area contributed by atoms with Gasteiger partial charge in [0, 0.05) is 0 Å². The van der Waals surface area contributed by atoms with Crippen molar-refractivity contribution in [3.63, 3.8) is 0 Å². The summed E-state index contributed by atoms with van der Waals surface area (Å²) in [4.78, 5) is 4.13. The first kappa shape index (κ1) is 12.6. The summed E-state index contributed by atoms with van der Waals surface area (Å²) >= 11 is 13.2. The topological polar surface area (TPSA) is 45.1 Å². The number of benzene rings is 1. The number of halogens is 2. The minimum atomic E-state index is -0.299. The maximum atomic E-state index is 9.36. The van der Waals surface area contributed by atoms with Crippen molar-refractivity contribution in [2.75, 3.05) is 11.9 Å². The van der Waals surface area contributed by atoms with Crippen LogP contribution >= 0.6 is 34.5 Å². The van der Waals surface area contributed by atoms with E-state index in [1.165, 1.54) is 11.3 Å². The Morgan fingerprint density at radius 3 is 2.71 bits per heavy atom. The van der Waals surface area contributed by atoms with E-state index in [1.54, 1.807) is 12.3 Å². The fourth-order valence-corrected chi connectivity index (χ4v) is 2.54. The normalized spacial score (nSPS) is 12.4. The fourth-order valence-electron chi connectivity index (χ4n) is 1.38. The molecule has 1 aromatic heterocycles. The highest BCUT2D eigenvalue weighted by Gasteiger charge is 2.15. The van der Waals surface area contributed by atoms with E-state index in [9.17, 15) is 5.11 Å². The first-order valence-corrected chi connectivity index (χ1v) is 6.51. The van der Waals surface area contributed by atoms with Gasteiger partial charge in [-0.25, -0.2) is 4.98 Å². The van der Waals surface area contributed by atoms with Gasteiger partial charge in [0.2, 0.25) is 0 Å². The lowest BCUT2D eigenvalue weighted by Crippen LogP contribution is -2.14. The van der Waals surface area contributed by atoms with E-state index in [0.29, 0.717) is 9.36 Å². The van der Waals surface area contributed by atoms with E-state index in [2.05, 4.69) is 10.3 Å². The van der Waals surface area contributed by atoms with E-state index in [1.807, 2.05) is 18.2 Å². The molecule has 0 amide bonds. The maximum Gasteiger partial charge on any atom is 0.119 e. The van der Waals surface area contributed by atoms with Crippen LogP contribution in [0.25, 0.3) is 0 Å². The SMILES string of the molecule is OCC(Nc1ccccc1Cl)c1ncc(Cl)s1. The Morgan fingerprint density at radius 2 is 2.12 bits per heavy atom. The predicted molar refractivity (Wildman–Crippen MR) is 72.0 cm³/mol. The van der Waals surface area contributed by atoms with Crippen molar-refractivity contribution in [2.45, 2.75) is 6.04 Å². The van der Waals surface area contributed by atoms with Crippen LogP contribution < -0.4 is 5.32 Å². The van der Waals surface area contributed by atoms with Crippen LogP contribution in [0.15, 0.2) is 30.5 Å². The Kier molecular flexibility index (Phi) is 4.23. The zero-order chi connectivity index (χ0) is 12.3. The third-order valence-corrected chi connectivity index (χ3v) is 3.74. The molecule has 2 aromatic rings. The van der Waals surface area contributed by atoms with Crippen molar-refractivity contribution in [2.24, 2.45) is 0 Å². The molecule has 2 rings (SSSR count). The van der Waals surface area contributed by atoms with E-state index >= 15 is 0 Å². The van der Waals surface area contributed by atoms with Gasteiger partial charge in [0.05, 0.1) is 23.5 Å². The van der Waals surface area contributed by atoms with E-state index in [0.717, 1.165) is 10.7 Å². The van der Waals surface area contributed by atoms with Crippen molar-refractivity contribution < 1.29 is 5.11 Å². The summed E-state index contributed by atoms with van der Waals surface area (Å²) in [5, 5.41) is 13.8. The molecule has 90 valence electrons. The first-order chi connectivity index (χ1) is 8.20. The quantitative estimate of drug-likeness (QED) is 0.904. The van der Waals surface area contributed by atoms with Crippen LogP contribution in [-0.2, 0) is 0 Å². The zero-order valence-electron chi connectivity index (χ0n) is 8.73. The van der Waals surface area contributed by atoms with Crippen molar-refractivity contribution in [1.82, 2.24) is 4.98 Å². The van der Waals surface area contributed by atoms with Gasteiger partial charge in [-0.05, 0) is 12.1 Å². The number of nitrogens with zero attached hydrogens (tertiary/aromatic N) is 1. The number of anilines is 1. The third-order valence-electron chi connectivity index (χ3n) is 2.18. The molecule has 0 bridgehead atoms. The van der Waals surface area contributed by atoms with Crippen LogP contribution in [0, 0.1) is 0 Å². The van der Waals surface area contributed by atoms with Crippen molar-refractivity contribution in [1.29, 1.82) is 0 Å². The zero-order valence-corrected chi connectivity index (χ0v) is 11.1. The average Bonchev–Trinajstić information content (AvgIpc) is 2.75. The largest absolute Gasteiger partial charge is 0.394 e. The molecule has 1 atom stereocenters. The number of para-hydroxylation sites is 1. The number of hydrogen-bond acceptors (Lipinski definition) is 4. The number of aromatic nitrogens is 1. The summed E-state index contributed by atoms with van der Waals surface area (Å²) in [5.41, 5.74) is 0.763. The van der Waals surface area contributed by atoms with Gasteiger partial charge < -0.3 is 10.4 Å². The Hall–Kier alpha value is -0.810. The molecule has 0 aliphatic carbocycles. The molecular weight excluding hydrogens is 279 g/mol. The molecule has 0 aliphatic heterocycles. The average molecular weight is 289 g/mol. The number of hydrogen-bond donors (Lipinski definition) is 2. The van der Waals surface area contributed by atoms with Gasteiger partial charge in [-0.1, -0.05) is 35.3 Å². The highest BCUT2D eigenvalue weighted by Crippen LogP contribution is 2.29. The lowest BCUT2D eigenvalue weighted by Gasteiger charge is -2.15. The van der Waals surface area contributed by atoms with Crippen LogP contribution in [0.4, 0.5) is 5.69 Å². The molecule has 0 fully saturated rings. The summed E-state index contributed by atoms with van der Waals surface area (Å²) in [6.45, 7) is -0.0743. The Bertz CT molecular complexity index is 504. The van der Waals surface area contributed by atoms with E-state index in [-0.39, 0.29) is 12.6 Å². The first-order valence-electron chi connectivity index (χ1n) is 4.94. The van der Waals surface area contributed by atoms with Crippen molar-refractivity contribution >= 4 is 40.2 Å². The van der Waals surface area contributed by atoms with Crippen LogP contribution in [0.2, 0.25) is 9.36 Å². The molecule has 3 nitrogen and oxygen atoms in total. The van der Waals surface area contributed by atoms with Gasteiger partial charge >= 0.3 is 0 Å². The maximum absolute atomic E-state index is 9.36. The summed E-state index contributed by atoms with van der Waals surface area (Å²) in [5.74, 6) is 0. The van der Waals surface area contributed by atoms with Crippen molar-refractivity contribution in [3.8, 4) is 0 Å². The number of nitrogens with one attached hydrogen (secondary N) is 1. The lowest BCUT2D eigenvalue weighted by atomic mass is 10.2. The molecule has 1 aromatic carbocycles. The summed E-state index contributed by atoms with van der Waals surface area (Å²) in [7, 11) is 0. The van der Waals surface area contributed by atoms with Crippen LogP contribution in [0.3, 0.4) is 0 Å². The highest BCUT2D eigenvalue weighted by atomic mass is 35.5. The van der Waals surface area contributed by atoms with Gasteiger partial charge in [-0.3, -0.25) is 0 Å². The van der Waals surface area contributed by atoms with Crippen molar-refractivity contribution in [3.05, 3.63) is 44.8 Å². The smallest absolute Gasteiger partial charge is 0.119 e. The van der Waals surface area contributed by atoms with Gasteiger partial charge in [-0.2, -0.15) is 0 Å². The molecule has 1 heterocycles. The molecule has 2 N–H and O–H groups in total. The number of thiazole rings is 1. The molecule has 6 heteroatoms. The summed E-state index contributed by atoms with van der Waals surface area (Å²) in [6, 6.07) is 7.06. The summed E-state index contributed by atoms with van der Waals surface area (Å²) in [6.07, 6.45) is 1.57. The van der Waals surface area contributed by atoms with Gasteiger partial charge in [0.25, 0.3) is 0 Å². The minimum Gasteiger partial charge on any atom is -0.394 e. The molecule has 17 heavy (non-hydrogen) atoms. The third kappa shape index (κ3) is 3.10. The predicted octanol–water partition coefficient (Wildman–Crippen LogP) is 3.60. The lowest BCUT2D eigenvalue weighted by molar-refractivity contribution is 0.276. The standard InChI is InChI=1S/C11H10Cl2N2OS/c12-7-3-1-2-4-8(7)15-9(6-16)11-14-5-10(13)17-11/h1-5,9,15-16H,6H2. The number of aliphatic hydroxyl groups is 1. The second-order valence-electron chi connectivity index (χ2n) is 3.36. The monoisotopic (exact) mass is 288 g/mol. The van der Waals surface area contributed by atoms with Crippen LogP contribution in [0.1, 0.15) is 11.0 Å². The van der Waals surface area contributed by atoms with Gasteiger partial charge in [0.15, 0.2) is 0 Å². The van der Waals surface area contributed by atoms with E-state index in [4.69, 9.17) is 23.2 Å².